The van der Waals surface area contributed by atoms with Crippen LogP contribution in [0.5, 0.6) is 11.5 Å². The molecule has 0 aliphatic rings. The number of hydrogen-bond donors (Lipinski definition) is 0. The molecule has 0 atom stereocenters. The van der Waals surface area contributed by atoms with Crippen LogP contribution in [0.15, 0.2) is 97.2 Å². The zero-order valence-corrected chi connectivity index (χ0v) is 18.2. The van der Waals surface area contributed by atoms with Gasteiger partial charge in [-0.05, 0) is 46.9 Å². The van der Waals surface area contributed by atoms with Crippen molar-refractivity contribution in [3.63, 3.8) is 0 Å². The van der Waals surface area contributed by atoms with Crippen LogP contribution in [0.4, 0.5) is 8.78 Å². The normalized spacial score (nSPS) is 11.0. The smallest absolute Gasteiger partial charge is 0.133 e. The zero-order chi connectivity index (χ0) is 22.8. The van der Waals surface area contributed by atoms with E-state index in [1.807, 2.05) is 60.8 Å². The number of ether oxygens (including phenoxy) is 1. The highest BCUT2D eigenvalue weighted by atomic mass is 35.5. The molecule has 0 radical (unpaired) electrons. The third-order valence-electron chi connectivity index (χ3n) is 5.36. The highest BCUT2D eigenvalue weighted by Crippen LogP contribution is 2.37. The van der Waals surface area contributed by atoms with Gasteiger partial charge < -0.3 is 4.74 Å². The fourth-order valence-electron chi connectivity index (χ4n) is 3.96. The van der Waals surface area contributed by atoms with E-state index in [0.717, 1.165) is 45.8 Å². The van der Waals surface area contributed by atoms with Crippen molar-refractivity contribution in [2.24, 2.45) is 0 Å². The highest BCUT2D eigenvalue weighted by molar-refractivity contribution is 6.35. The van der Waals surface area contributed by atoms with Gasteiger partial charge in [0.1, 0.15) is 23.1 Å². The van der Waals surface area contributed by atoms with Crippen LogP contribution in [-0.4, -0.2) is 4.98 Å². The van der Waals surface area contributed by atoms with Gasteiger partial charge in [0.25, 0.3) is 0 Å². The lowest BCUT2D eigenvalue weighted by Gasteiger charge is -2.15. The minimum atomic E-state index is -0.693. The maximum atomic E-state index is 13.6. The summed E-state index contributed by atoms with van der Waals surface area (Å²) in [6.45, 7) is 0. The number of pyridine rings is 1. The molecule has 0 unspecified atom stereocenters. The summed E-state index contributed by atoms with van der Waals surface area (Å²) < 4.78 is 33.0. The van der Waals surface area contributed by atoms with E-state index < -0.39 is 11.6 Å². The topological polar surface area (TPSA) is 22.1 Å². The van der Waals surface area contributed by atoms with Crippen molar-refractivity contribution >= 4 is 22.5 Å². The number of rotatable bonds is 5. The van der Waals surface area contributed by atoms with E-state index in [-0.39, 0.29) is 5.75 Å². The van der Waals surface area contributed by atoms with E-state index in [1.54, 1.807) is 6.07 Å². The summed E-state index contributed by atoms with van der Waals surface area (Å²) in [6.07, 6.45) is 2.54. The van der Waals surface area contributed by atoms with Crippen LogP contribution >= 0.6 is 11.6 Å². The third kappa shape index (κ3) is 4.57. The lowest BCUT2D eigenvalue weighted by atomic mass is 9.93. The van der Waals surface area contributed by atoms with Gasteiger partial charge in [-0.1, -0.05) is 66.2 Å². The largest absolute Gasteiger partial charge is 0.457 e. The van der Waals surface area contributed by atoms with E-state index >= 15 is 0 Å². The van der Waals surface area contributed by atoms with Crippen LogP contribution in [0.2, 0.25) is 5.02 Å². The summed E-state index contributed by atoms with van der Waals surface area (Å²) in [5.74, 6) is -0.825. The molecule has 5 rings (SSSR count). The molecule has 0 spiro atoms. The van der Waals surface area contributed by atoms with Crippen molar-refractivity contribution in [3.05, 3.63) is 125 Å². The molecule has 1 heterocycles. The average molecular weight is 458 g/mol. The van der Waals surface area contributed by atoms with E-state index in [9.17, 15) is 8.78 Å². The van der Waals surface area contributed by atoms with Crippen LogP contribution < -0.4 is 4.74 Å². The Morgan fingerprint density at radius 2 is 1.52 bits per heavy atom. The molecule has 0 aliphatic carbocycles. The van der Waals surface area contributed by atoms with Crippen LogP contribution in [0.1, 0.15) is 11.1 Å². The Balaban J connectivity index is 1.63. The summed E-state index contributed by atoms with van der Waals surface area (Å²) in [7, 11) is 0. The first-order valence-electron chi connectivity index (χ1n) is 10.4. The Hall–Kier alpha value is -3.76. The molecule has 1 aromatic heterocycles. The highest BCUT2D eigenvalue weighted by Gasteiger charge is 2.14. The van der Waals surface area contributed by atoms with Crippen molar-refractivity contribution in [1.82, 2.24) is 4.98 Å². The van der Waals surface area contributed by atoms with Crippen LogP contribution in [0.25, 0.3) is 22.0 Å². The first kappa shape index (κ1) is 21.1. The second kappa shape index (κ2) is 9.00. The lowest BCUT2D eigenvalue weighted by Crippen LogP contribution is -1.97. The zero-order valence-electron chi connectivity index (χ0n) is 17.4. The number of para-hydroxylation sites is 1. The molecule has 0 amide bonds. The monoisotopic (exact) mass is 457 g/mol. The Morgan fingerprint density at radius 3 is 2.30 bits per heavy atom. The maximum absolute atomic E-state index is 13.6. The Labute approximate surface area is 195 Å². The second-order valence-electron chi connectivity index (χ2n) is 7.69. The molecule has 33 heavy (non-hydrogen) atoms. The minimum Gasteiger partial charge on any atom is -0.457 e. The fourth-order valence-corrected chi connectivity index (χ4v) is 4.18. The molecule has 5 heteroatoms. The van der Waals surface area contributed by atoms with E-state index in [2.05, 4.69) is 17.1 Å². The Kier molecular flexibility index (Phi) is 5.76. The number of fused-ring (bicyclic) bond motifs is 1. The molecule has 0 fully saturated rings. The number of benzene rings is 4. The molecule has 0 saturated carbocycles. The van der Waals surface area contributed by atoms with E-state index in [0.29, 0.717) is 22.7 Å². The molecule has 0 aliphatic heterocycles. The van der Waals surface area contributed by atoms with Gasteiger partial charge in [-0.3, -0.25) is 4.98 Å². The molecule has 5 aromatic rings. The van der Waals surface area contributed by atoms with Crippen molar-refractivity contribution in [1.29, 1.82) is 0 Å². The van der Waals surface area contributed by atoms with Gasteiger partial charge in [0.2, 0.25) is 0 Å². The minimum absolute atomic E-state index is 0.0942. The SMILES string of the molecule is Fc1cc(F)cc(Oc2cccc(-c3c(Cc4ccccc4)cnc4c(Cl)cccc34)c2)c1. The van der Waals surface area contributed by atoms with Gasteiger partial charge in [0.05, 0.1) is 10.5 Å². The first-order valence-corrected chi connectivity index (χ1v) is 10.8. The third-order valence-corrected chi connectivity index (χ3v) is 5.66. The summed E-state index contributed by atoms with van der Waals surface area (Å²) >= 11 is 6.44. The average Bonchev–Trinajstić information content (AvgIpc) is 2.79. The van der Waals surface area contributed by atoms with Crippen molar-refractivity contribution in [2.75, 3.05) is 0 Å². The maximum Gasteiger partial charge on any atom is 0.133 e. The fraction of sp³-hybridized carbons (Fsp3) is 0.0357. The molecular weight excluding hydrogens is 440 g/mol. The molecule has 0 saturated heterocycles. The van der Waals surface area contributed by atoms with Gasteiger partial charge in [-0.15, -0.1) is 0 Å². The number of nitrogens with zero attached hydrogens (tertiary/aromatic N) is 1. The molecular formula is C28H18ClF2NO. The molecule has 2 nitrogen and oxygen atoms in total. The Morgan fingerprint density at radius 1 is 0.758 bits per heavy atom. The van der Waals surface area contributed by atoms with Crippen molar-refractivity contribution in [2.45, 2.75) is 6.42 Å². The molecule has 4 aromatic carbocycles. The number of hydrogen-bond acceptors (Lipinski definition) is 2. The predicted octanol–water partition coefficient (Wildman–Crippen LogP) is 8.22. The lowest BCUT2D eigenvalue weighted by molar-refractivity contribution is 0.468. The standard InChI is InChI=1S/C28H18ClF2NO/c29-26-11-5-10-25-27(20(17-32-28(25)26)12-18-6-2-1-3-7-18)19-8-4-9-23(13-19)33-24-15-21(30)14-22(31)16-24/h1-11,13-17H,12H2. The van der Waals surface area contributed by atoms with Gasteiger partial charge >= 0.3 is 0 Å². The van der Waals surface area contributed by atoms with Gasteiger partial charge in [0, 0.05) is 29.8 Å². The van der Waals surface area contributed by atoms with Gasteiger partial charge in [-0.25, -0.2) is 8.78 Å². The molecule has 0 N–H and O–H groups in total. The van der Waals surface area contributed by atoms with Crippen LogP contribution in [0, 0.1) is 11.6 Å². The van der Waals surface area contributed by atoms with Crippen molar-refractivity contribution in [3.8, 4) is 22.6 Å². The second-order valence-corrected chi connectivity index (χ2v) is 8.10. The predicted molar refractivity (Wildman–Crippen MR) is 128 cm³/mol. The number of aromatic nitrogens is 1. The van der Waals surface area contributed by atoms with Crippen molar-refractivity contribution < 1.29 is 13.5 Å². The quantitative estimate of drug-likeness (QED) is 0.265. The molecule has 162 valence electrons. The van der Waals surface area contributed by atoms with Crippen LogP contribution in [0.3, 0.4) is 0 Å². The van der Waals surface area contributed by atoms with E-state index in [1.165, 1.54) is 0 Å². The summed E-state index contributed by atoms with van der Waals surface area (Å²) in [6, 6.07) is 26.4. The summed E-state index contributed by atoms with van der Waals surface area (Å²) in [5.41, 5.74) is 4.78. The molecule has 0 bridgehead atoms. The summed E-state index contributed by atoms with van der Waals surface area (Å²) in [4.78, 5) is 4.63. The van der Waals surface area contributed by atoms with E-state index in [4.69, 9.17) is 16.3 Å². The van der Waals surface area contributed by atoms with Gasteiger partial charge in [-0.2, -0.15) is 0 Å². The first-order chi connectivity index (χ1) is 16.1. The van der Waals surface area contributed by atoms with Gasteiger partial charge in [0.15, 0.2) is 0 Å². The summed E-state index contributed by atoms with van der Waals surface area (Å²) in [5, 5.41) is 1.49. The Bertz CT molecular complexity index is 1430. The van der Waals surface area contributed by atoms with Crippen LogP contribution in [-0.2, 0) is 6.42 Å². The number of halogens is 3.